The van der Waals surface area contributed by atoms with E-state index in [1.54, 1.807) is 7.11 Å². The van der Waals surface area contributed by atoms with E-state index in [4.69, 9.17) is 4.74 Å². The number of halogens is 1. The highest BCUT2D eigenvalue weighted by atomic mass is 79.9. The molecule has 2 saturated heterocycles. The van der Waals surface area contributed by atoms with Crippen LogP contribution < -0.4 is 9.64 Å². The van der Waals surface area contributed by atoms with E-state index < -0.39 is 0 Å². The quantitative estimate of drug-likeness (QED) is 0.840. The zero-order chi connectivity index (χ0) is 12.7. The molecule has 2 unspecified atom stereocenters. The lowest BCUT2D eigenvalue weighted by atomic mass is 10.0. The number of fused-ring (bicyclic) bond motifs is 2. The minimum absolute atomic E-state index is 0.375. The van der Waals surface area contributed by atoms with Crippen molar-refractivity contribution >= 4 is 27.4 Å². The first kappa shape index (κ1) is 12.0. The van der Waals surface area contributed by atoms with Gasteiger partial charge in [-0.1, -0.05) is 0 Å². The van der Waals surface area contributed by atoms with Crippen molar-refractivity contribution in [3.05, 3.63) is 22.7 Å². The van der Waals surface area contributed by atoms with Crippen LogP contribution >= 0.6 is 15.9 Å². The summed E-state index contributed by atoms with van der Waals surface area (Å²) in [5.41, 5.74) is 1.16. The summed E-state index contributed by atoms with van der Waals surface area (Å²) in [7, 11) is 1.68. The zero-order valence-corrected chi connectivity index (χ0v) is 11.9. The number of carbonyl (C=O) groups excluding carboxylic acids is 1. The third kappa shape index (κ3) is 1.92. The molecule has 18 heavy (non-hydrogen) atoms. The van der Waals surface area contributed by atoms with Gasteiger partial charge in [0.2, 0.25) is 0 Å². The molecule has 0 aliphatic carbocycles. The molecule has 1 aromatic carbocycles. The lowest BCUT2D eigenvalue weighted by Crippen LogP contribution is -2.43. The molecule has 0 amide bonds. The fourth-order valence-corrected chi connectivity index (χ4v) is 3.63. The molecule has 2 fully saturated rings. The molecule has 3 nitrogen and oxygen atoms in total. The van der Waals surface area contributed by atoms with Gasteiger partial charge in [0, 0.05) is 35.5 Å². The number of carbonyl (C=O) groups is 1. The molecule has 2 aliphatic heterocycles. The fraction of sp³-hybridized carbons (Fsp3) is 0.500. The highest BCUT2D eigenvalue weighted by Gasteiger charge is 2.40. The standard InChI is InChI=1S/C14H16BrNO2/c1-18-12-4-5-13(15)14(8-12)16-9-2-3-10(16)7-11(17)6-9/h4-5,8-10H,2-3,6-7H2,1H3. The predicted octanol–water partition coefficient (Wildman–Crippen LogP) is 3.16. The second-order valence-corrected chi connectivity index (χ2v) is 5.91. The minimum Gasteiger partial charge on any atom is -0.497 e. The Morgan fingerprint density at radius 3 is 2.56 bits per heavy atom. The molecule has 0 N–H and O–H groups in total. The van der Waals surface area contributed by atoms with Crippen LogP contribution in [0.3, 0.4) is 0 Å². The average molecular weight is 310 g/mol. The lowest BCUT2D eigenvalue weighted by molar-refractivity contribution is -0.120. The van der Waals surface area contributed by atoms with Crippen molar-refractivity contribution in [2.75, 3.05) is 12.0 Å². The molecule has 0 spiro atoms. The molecule has 2 bridgehead atoms. The smallest absolute Gasteiger partial charge is 0.137 e. The second kappa shape index (κ2) is 4.57. The van der Waals surface area contributed by atoms with Crippen LogP contribution in [0, 0.1) is 0 Å². The number of hydrogen-bond donors (Lipinski definition) is 0. The Morgan fingerprint density at radius 1 is 1.28 bits per heavy atom. The summed E-state index contributed by atoms with van der Waals surface area (Å²) in [4.78, 5) is 14.1. The van der Waals surface area contributed by atoms with Gasteiger partial charge < -0.3 is 9.64 Å². The van der Waals surface area contributed by atoms with Crippen LogP contribution in [0.4, 0.5) is 5.69 Å². The number of nitrogens with zero attached hydrogens (tertiary/aromatic N) is 1. The third-order valence-electron chi connectivity index (χ3n) is 3.98. The number of hydrogen-bond acceptors (Lipinski definition) is 3. The Bertz CT molecular complexity index is 473. The number of anilines is 1. The molecule has 1 aromatic rings. The van der Waals surface area contributed by atoms with Crippen LogP contribution in [0.15, 0.2) is 22.7 Å². The van der Waals surface area contributed by atoms with Crippen LogP contribution in [0.1, 0.15) is 25.7 Å². The van der Waals surface area contributed by atoms with E-state index in [1.807, 2.05) is 12.1 Å². The van der Waals surface area contributed by atoms with E-state index in [0.717, 1.165) is 28.8 Å². The Balaban J connectivity index is 1.98. The summed E-state index contributed by atoms with van der Waals surface area (Å²) in [6.07, 6.45) is 3.64. The number of ketones is 1. The lowest BCUT2D eigenvalue weighted by Gasteiger charge is -2.36. The number of Topliss-reactive ketones (excluding diaryl/α,β-unsaturated/α-hetero) is 1. The molecule has 0 aromatic heterocycles. The zero-order valence-electron chi connectivity index (χ0n) is 10.4. The summed E-state index contributed by atoms with van der Waals surface area (Å²) in [6.45, 7) is 0. The van der Waals surface area contributed by atoms with E-state index in [9.17, 15) is 4.79 Å². The van der Waals surface area contributed by atoms with Crippen molar-refractivity contribution in [3.63, 3.8) is 0 Å². The second-order valence-electron chi connectivity index (χ2n) is 5.06. The maximum Gasteiger partial charge on any atom is 0.137 e. The van der Waals surface area contributed by atoms with E-state index in [2.05, 4.69) is 26.9 Å². The van der Waals surface area contributed by atoms with E-state index in [0.29, 0.717) is 30.7 Å². The van der Waals surface area contributed by atoms with Gasteiger partial charge in [0.1, 0.15) is 11.5 Å². The van der Waals surface area contributed by atoms with Gasteiger partial charge in [-0.15, -0.1) is 0 Å². The summed E-state index contributed by atoms with van der Waals surface area (Å²) in [5, 5.41) is 0. The molecule has 4 heteroatoms. The third-order valence-corrected chi connectivity index (χ3v) is 4.65. The van der Waals surface area contributed by atoms with Crippen molar-refractivity contribution in [1.29, 1.82) is 0 Å². The first-order valence-corrected chi connectivity index (χ1v) is 7.12. The van der Waals surface area contributed by atoms with Crippen LogP contribution in [0.2, 0.25) is 0 Å². The highest BCUT2D eigenvalue weighted by molar-refractivity contribution is 9.10. The van der Waals surface area contributed by atoms with E-state index >= 15 is 0 Å². The normalized spacial score (nSPS) is 26.6. The molecule has 0 radical (unpaired) electrons. The Labute approximate surface area is 115 Å². The topological polar surface area (TPSA) is 29.5 Å². The number of rotatable bonds is 2. The van der Waals surface area contributed by atoms with E-state index in [1.165, 1.54) is 0 Å². The largest absolute Gasteiger partial charge is 0.497 e. The molecular weight excluding hydrogens is 294 g/mol. The predicted molar refractivity (Wildman–Crippen MR) is 74.2 cm³/mol. The summed E-state index contributed by atoms with van der Waals surface area (Å²) < 4.78 is 6.38. The summed E-state index contributed by atoms with van der Waals surface area (Å²) >= 11 is 3.61. The Morgan fingerprint density at radius 2 is 1.94 bits per heavy atom. The molecule has 96 valence electrons. The number of methoxy groups -OCH3 is 1. The van der Waals surface area contributed by atoms with Gasteiger partial charge >= 0.3 is 0 Å². The van der Waals surface area contributed by atoms with Gasteiger partial charge in [0.05, 0.1) is 12.8 Å². The van der Waals surface area contributed by atoms with Crippen LogP contribution in [-0.2, 0) is 4.79 Å². The Kier molecular flexibility index (Phi) is 3.06. The van der Waals surface area contributed by atoms with Gasteiger partial charge in [0.15, 0.2) is 0 Å². The monoisotopic (exact) mass is 309 g/mol. The van der Waals surface area contributed by atoms with Gasteiger partial charge in [-0.2, -0.15) is 0 Å². The SMILES string of the molecule is COc1ccc(Br)c(N2C3CCC2CC(=O)C3)c1. The van der Waals surface area contributed by atoms with Gasteiger partial charge in [-0.25, -0.2) is 0 Å². The fourth-order valence-electron chi connectivity index (χ4n) is 3.18. The van der Waals surface area contributed by atoms with Crippen molar-refractivity contribution in [3.8, 4) is 5.75 Å². The number of ether oxygens (including phenoxy) is 1. The molecule has 2 heterocycles. The van der Waals surface area contributed by atoms with Crippen molar-refractivity contribution < 1.29 is 9.53 Å². The molecule has 2 aliphatic rings. The number of benzene rings is 1. The minimum atomic E-state index is 0.375. The first-order valence-electron chi connectivity index (χ1n) is 6.32. The summed E-state index contributed by atoms with van der Waals surface area (Å²) in [5.74, 6) is 1.28. The van der Waals surface area contributed by atoms with Crippen LogP contribution in [-0.4, -0.2) is 25.0 Å². The number of piperidine rings is 1. The maximum atomic E-state index is 11.6. The van der Waals surface area contributed by atoms with Crippen molar-refractivity contribution in [2.45, 2.75) is 37.8 Å². The maximum absolute atomic E-state index is 11.6. The van der Waals surface area contributed by atoms with E-state index in [-0.39, 0.29) is 0 Å². The molecule has 2 atom stereocenters. The highest BCUT2D eigenvalue weighted by Crippen LogP contribution is 2.42. The van der Waals surface area contributed by atoms with Gasteiger partial charge in [0.25, 0.3) is 0 Å². The van der Waals surface area contributed by atoms with Crippen LogP contribution in [0.25, 0.3) is 0 Å². The first-order chi connectivity index (χ1) is 8.69. The molecule has 0 saturated carbocycles. The Hall–Kier alpha value is -1.03. The van der Waals surface area contributed by atoms with Crippen molar-refractivity contribution in [1.82, 2.24) is 0 Å². The average Bonchev–Trinajstić information content (AvgIpc) is 2.63. The van der Waals surface area contributed by atoms with Crippen LogP contribution in [0.5, 0.6) is 5.75 Å². The molecular formula is C14H16BrNO2. The molecule has 3 rings (SSSR count). The summed E-state index contributed by atoms with van der Waals surface area (Å²) in [6, 6.07) is 6.78. The van der Waals surface area contributed by atoms with Gasteiger partial charge in [-0.05, 0) is 40.9 Å². The van der Waals surface area contributed by atoms with Gasteiger partial charge in [-0.3, -0.25) is 4.79 Å². The van der Waals surface area contributed by atoms with Crippen molar-refractivity contribution in [2.24, 2.45) is 0 Å².